The number of rotatable bonds is 7. The van der Waals surface area contributed by atoms with E-state index < -0.39 is 36.7 Å². The van der Waals surface area contributed by atoms with Gasteiger partial charge in [-0.15, -0.1) is 0 Å². The highest BCUT2D eigenvalue weighted by Gasteiger charge is 2.12. The summed E-state index contributed by atoms with van der Waals surface area (Å²) in [5.41, 5.74) is -0.105. The Kier molecular flexibility index (Phi) is 6.16. The molecule has 6 nitrogen and oxygen atoms in total. The van der Waals surface area contributed by atoms with E-state index in [0.29, 0.717) is 6.29 Å². The quantitative estimate of drug-likeness (QED) is 0.613. The first kappa shape index (κ1) is 18.1. The third-order valence-corrected chi connectivity index (χ3v) is 2.96. The molecular weight excluding hydrogens is 336 g/mol. The van der Waals surface area contributed by atoms with Crippen LogP contribution in [-0.4, -0.2) is 31.4 Å². The summed E-state index contributed by atoms with van der Waals surface area (Å²) >= 11 is 0. The van der Waals surface area contributed by atoms with Gasteiger partial charge in [-0.25, -0.2) is 13.6 Å². The second-order valence-corrected chi connectivity index (χ2v) is 4.78. The molecule has 0 atom stereocenters. The van der Waals surface area contributed by atoms with Gasteiger partial charge in [0.1, 0.15) is 17.4 Å². The van der Waals surface area contributed by atoms with Gasteiger partial charge < -0.3 is 14.8 Å². The number of nitrogens with one attached hydrogen (secondary N) is 1. The standard InChI is InChI=1S/C17H13F2NO5/c18-12-5-6-13(19)14(7-12)20-16(22)9-25-17(23)10-24-15-4-2-1-3-11(15)8-21/h1-8H,9-10H2,(H,20,22). The molecular formula is C17H13F2NO5. The Balaban J connectivity index is 1.80. The lowest BCUT2D eigenvalue weighted by molar-refractivity contribution is -0.149. The van der Waals surface area contributed by atoms with Gasteiger partial charge in [-0.3, -0.25) is 9.59 Å². The van der Waals surface area contributed by atoms with Crippen molar-refractivity contribution in [2.45, 2.75) is 0 Å². The maximum absolute atomic E-state index is 13.4. The SMILES string of the molecule is O=Cc1ccccc1OCC(=O)OCC(=O)Nc1cc(F)ccc1F. The van der Waals surface area contributed by atoms with E-state index in [1.807, 2.05) is 0 Å². The van der Waals surface area contributed by atoms with Crippen molar-refractivity contribution in [3.8, 4) is 5.75 Å². The number of benzene rings is 2. The summed E-state index contributed by atoms with van der Waals surface area (Å²) in [6.07, 6.45) is 0.571. The van der Waals surface area contributed by atoms with E-state index in [2.05, 4.69) is 10.1 Å². The van der Waals surface area contributed by atoms with Crippen LogP contribution in [0.2, 0.25) is 0 Å². The van der Waals surface area contributed by atoms with Gasteiger partial charge in [0.2, 0.25) is 0 Å². The van der Waals surface area contributed by atoms with Crippen LogP contribution in [-0.2, 0) is 14.3 Å². The van der Waals surface area contributed by atoms with Crippen molar-refractivity contribution < 1.29 is 32.6 Å². The number of hydrogen-bond donors (Lipinski definition) is 1. The molecule has 0 heterocycles. The van der Waals surface area contributed by atoms with Gasteiger partial charge in [-0.1, -0.05) is 12.1 Å². The minimum absolute atomic E-state index is 0.195. The number of hydrogen-bond acceptors (Lipinski definition) is 5. The molecule has 2 aromatic rings. The molecule has 2 rings (SSSR count). The summed E-state index contributed by atoms with van der Waals surface area (Å²) < 4.78 is 36.2. The lowest BCUT2D eigenvalue weighted by atomic mass is 10.2. The number of esters is 1. The molecule has 0 radical (unpaired) electrons. The van der Waals surface area contributed by atoms with Gasteiger partial charge in [0.05, 0.1) is 11.3 Å². The summed E-state index contributed by atoms with van der Waals surface area (Å²) in [5.74, 6) is -3.06. The van der Waals surface area contributed by atoms with Crippen LogP contribution in [0.15, 0.2) is 42.5 Å². The van der Waals surface area contributed by atoms with E-state index in [1.54, 1.807) is 12.1 Å². The third kappa shape index (κ3) is 5.38. The van der Waals surface area contributed by atoms with Crippen LogP contribution < -0.4 is 10.1 Å². The number of amides is 1. The molecule has 0 unspecified atom stereocenters. The van der Waals surface area contributed by atoms with Gasteiger partial charge in [0.25, 0.3) is 5.91 Å². The Labute approximate surface area is 141 Å². The predicted molar refractivity (Wildman–Crippen MR) is 83.3 cm³/mol. The summed E-state index contributed by atoms with van der Waals surface area (Å²) in [7, 11) is 0. The van der Waals surface area contributed by atoms with E-state index in [0.717, 1.165) is 18.2 Å². The van der Waals surface area contributed by atoms with Crippen LogP contribution in [0, 0.1) is 11.6 Å². The van der Waals surface area contributed by atoms with Crippen molar-refractivity contribution in [2.75, 3.05) is 18.5 Å². The van der Waals surface area contributed by atoms with Crippen LogP contribution in [0.1, 0.15) is 10.4 Å². The molecule has 2 aromatic carbocycles. The largest absolute Gasteiger partial charge is 0.481 e. The Bertz CT molecular complexity index is 794. The van der Waals surface area contributed by atoms with Crippen LogP contribution in [0.5, 0.6) is 5.75 Å². The summed E-state index contributed by atoms with van der Waals surface area (Å²) in [5, 5.41) is 2.08. The third-order valence-electron chi connectivity index (χ3n) is 2.96. The zero-order chi connectivity index (χ0) is 18.2. The first-order chi connectivity index (χ1) is 12.0. The molecule has 0 aliphatic heterocycles. The van der Waals surface area contributed by atoms with Gasteiger partial charge in [-0.2, -0.15) is 0 Å². The molecule has 0 saturated heterocycles. The summed E-state index contributed by atoms with van der Waals surface area (Å²) in [6, 6.07) is 8.81. The smallest absolute Gasteiger partial charge is 0.344 e. The van der Waals surface area contributed by atoms with Crippen molar-refractivity contribution in [3.05, 3.63) is 59.7 Å². The fourth-order valence-electron chi connectivity index (χ4n) is 1.81. The summed E-state index contributed by atoms with van der Waals surface area (Å²) in [4.78, 5) is 33.9. The highest BCUT2D eigenvalue weighted by atomic mass is 19.1. The zero-order valence-corrected chi connectivity index (χ0v) is 12.8. The Morgan fingerprint density at radius 1 is 1.08 bits per heavy atom. The van der Waals surface area contributed by atoms with Crippen LogP contribution in [0.3, 0.4) is 0 Å². The number of carbonyl (C=O) groups is 3. The first-order valence-electron chi connectivity index (χ1n) is 7.07. The number of ether oxygens (including phenoxy) is 2. The fourth-order valence-corrected chi connectivity index (χ4v) is 1.81. The second-order valence-electron chi connectivity index (χ2n) is 4.78. The van der Waals surface area contributed by atoms with Gasteiger partial charge in [0.15, 0.2) is 19.5 Å². The number of para-hydroxylation sites is 1. The molecule has 0 aliphatic carbocycles. The highest BCUT2D eigenvalue weighted by molar-refractivity contribution is 5.93. The van der Waals surface area contributed by atoms with Gasteiger partial charge in [-0.05, 0) is 24.3 Å². The van der Waals surface area contributed by atoms with Crippen molar-refractivity contribution >= 4 is 23.9 Å². The van der Waals surface area contributed by atoms with Crippen molar-refractivity contribution in [1.82, 2.24) is 0 Å². The molecule has 0 bridgehead atoms. The van der Waals surface area contributed by atoms with E-state index >= 15 is 0 Å². The van der Waals surface area contributed by atoms with Crippen LogP contribution >= 0.6 is 0 Å². The monoisotopic (exact) mass is 349 g/mol. The van der Waals surface area contributed by atoms with E-state index in [-0.39, 0.29) is 17.0 Å². The lowest BCUT2D eigenvalue weighted by Crippen LogP contribution is -2.24. The molecule has 25 heavy (non-hydrogen) atoms. The zero-order valence-electron chi connectivity index (χ0n) is 12.8. The average Bonchev–Trinajstić information content (AvgIpc) is 2.61. The number of anilines is 1. The molecule has 0 aliphatic rings. The van der Waals surface area contributed by atoms with E-state index in [4.69, 9.17) is 4.74 Å². The highest BCUT2D eigenvalue weighted by Crippen LogP contribution is 2.16. The van der Waals surface area contributed by atoms with E-state index in [9.17, 15) is 23.2 Å². The molecule has 1 N–H and O–H groups in total. The maximum Gasteiger partial charge on any atom is 0.344 e. The molecule has 0 aromatic heterocycles. The average molecular weight is 349 g/mol. The number of carbonyl (C=O) groups excluding carboxylic acids is 3. The minimum atomic E-state index is -0.865. The van der Waals surface area contributed by atoms with Crippen molar-refractivity contribution in [2.24, 2.45) is 0 Å². The lowest BCUT2D eigenvalue weighted by Gasteiger charge is -2.09. The predicted octanol–water partition coefficient (Wildman–Crippen LogP) is 2.34. The Morgan fingerprint density at radius 2 is 1.84 bits per heavy atom. The van der Waals surface area contributed by atoms with Crippen LogP contribution in [0.25, 0.3) is 0 Å². The Hall–Kier alpha value is -3.29. The van der Waals surface area contributed by atoms with Gasteiger partial charge >= 0.3 is 5.97 Å². The summed E-state index contributed by atoms with van der Waals surface area (Å²) in [6.45, 7) is -1.22. The second kappa shape index (κ2) is 8.53. The number of aldehydes is 1. The molecule has 0 fully saturated rings. The fraction of sp³-hybridized carbons (Fsp3) is 0.118. The molecule has 8 heteroatoms. The van der Waals surface area contributed by atoms with E-state index in [1.165, 1.54) is 12.1 Å². The molecule has 0 saturated carbocycles. The topological polar surface area (TPSA) is 81.7 Å². The van der Waals surface area contributed by atoms with Crippen LogP contribution in [0.4, 0.5) is 14.5 Å². The molecule has 0 spiro atoms. The van der Waals surface area contributed by atoms with Crippen molar-refractivity contribution in [1.29, 1.82) is 0 Å². The maximum atomic E-state index is 13.4. The van der Waals surface area contributed by atoms with Crippen molar-refractivity contribution in [3.63, 3.8) is 0 Å². The Morgan fingerprint density at radius 3 is 2.60 bits per heavy atom. The molecule has 130 valence electrons. The molecule has 1 amide bonds. The minimum Gasteiger partial charge on any atom is -0.481 e. The first-order valence-corrected chi connectivity index (χ1v) is 7.07. The normalized spacial score (nSPS) is 10.0. The van der Waals surface area contributed by atoms with Gasteiger partial charge in [0, 0.05) is 6.07 Å². The number of halogens is 2.